The molecule has 0 spiro atoms. The van der Waals surface area contributed by atoms with Crippen LogP contribution in [-0.4, -0.2) is 6.04 Å². The Bertz CT molecular complexity index is 165. The quantitative estimate of drug-likeness (QED) is 0.516. The van der Waals surface area contributed by atoms with Gasteiger partial charge >= 0.3 is 0 Å². The van der Waals surface area contributed by atoms with E-state index in [4.69, 9.17) is 5.84 Å². The van der Waals surface area contributed by atoms with E-state index in [1.807, 2.05) is 0 Å². The largest absolute Gasteiger partial charge is 0.271 e. The van der Waals surface area contributed by atoms with Crippen molar-refractivity contribution in [1.82, 2.24) is 5.43 Å². The minimum absolute atomic E-state index is 0.609. The Morgan fingerprint density at radius 3 is 2.54 bits per heavy atom. The fourth-order valence-corrected chi connectivity index (χ4v) is 2.73. The Morgan fingerprint density at radius 2 is 2.08 bits per heavy atom. The van der Waals surface area contributed by atoms with E-state index >= 15 is 0 Å². The third kappa shape index (κ3) is 2.44. The van der Waals surface area contributed by atoms with E-state index in [0.29, 0.717) is 6.04 Å². The lowest BCUT2D eigenvalue weighted by molar-refractivity contribution is 0.325. The van der Waals surface area contributed by atoms with Crippen molar-refractivity contribution in [3.63, 3.8) is 0 Å². The first-order chi connectivity index (χ1) is 6.29. The monoisotopic (exact) mass is 182 g/mol. The molecule has 2 fully saturated rings. The van der Waals surface area contributed by atoms with Crippen LogP contribution in [0.1, 0.15) is 45.4 Å². The molecular formula is C11H22N2. The minimum Gasteiger partial charge on any atom is -0.271 e. The fraction of sp³-hybridized carbons (Fsp3) is 1.00. The van der Waals surface area contributed by atoms with Gasteiger partial charge in [-0.15, -0.1) is 0 Å². The molecule has 0 heterocycles. The van der Waals surface area contributed by atoms with Gasteiger partial charge in [0.2, 0.25) is 0 Å². The van der Waals surface area contributed by atoms with Gasteiger partial charge in [0, 0.05) is 6.04 Å². The topological polar surface area (TPSA) is 38.0 Å². The first-order valence-electron chi connectivity index (χ1n) is 5.75. The Labute approximate surface area is 81.2 Å². The molecule has 2 saturated carbocycles. The molecule has 2 aliphatic rings. The van der Waals surface area contributed by atoms with Crippen LogP contribution < -0.4 is 11.3 Å². The summed E-state index contributed by atoms with van der Waals surface area (Å²) >= 11 is 0. The average molecular weight is 182 g/mol. The number of hydrogen-bond acceptors (Lipinski definition) is 2. The molecule has 76 valence electrons. The second-order valence-electron chi connectivity index (χ2n) is 5.13. The molecule has 0 aliphatic heterocycles. The Kier molecular flexibility index (Phi) is 2.89. The summed E-state index contributed by atoms with van der Waals surface area (Å²) in [7, 11) is 0. The molecule has 0 saturated heterocycles. The zero-order chi connectivity index (χ0) is 9.26. The molecule has 3 atom stereocenters. The van der Waals surface area contributed by atoms with Crippen LogP contribution in [0.3, 0.4) is 0 Å². The second-order valence-corrected chi connectivity index (χ2v) is 5.13. The van der Waals surface area contributed by atoms with Gasteiger partial charge in [0.1, 0.15) is 0 Å². The van der Waals surface area contributed by atoms with Crippen molar-refractivity contribution in [3.05, 3.63) is 0 Å². The smallest absolute Gasteiger partial charge is 0.0241 e. The van der Waals surface area contributed by atoms with Gasteiger partial charge in [-0.2, -0.15) is 0 Å². The SMILES string of the molecule is CC1CCC(C(CC2CC2)NN)C1. The van der Waals surface area contributed by atoms with Gasteiger partial charge in [-0.3, -0.25) is 11.3 Å². The summed E-state index contributed by atoms with van der Waals surface area (Å²) in [5, 5.41) is 0. The molecule has 2 aliphatic carbocycles. The molecular weight excluding hydrogens is 160 g/mol. The van der Waals surface area contributed by atoms with E-state index in [9.17, 15) is 0 Å². The van der Waals surface area contributed by atoms with Crippen molar-refractivity contribution >= 4 is 0 Å². The third-order valence-corrected chi connectivity index (χ3v) is 3.80. The molecule has 0 bridgehead atoms. The summed E-state index contributed by atoms with van der Waals surface area (Å²) in [5.41, 5.74) is 3.04. The summed E-state index contributed by atoms with van der Waals surface area (Å²) in [6, 6.07) is 0.609. The highest BCUT2D eigenvalue weighted by Gasteiger charge is 2.32. The van der Waals surface area contributed by atoms with E-state index < -0.39 is 0 Å². The van der Waals surface area contributed by atoms with Crippen LogP contribution in [-0.2, 0) is 0 Å². The highest BCUT2D eigenvalue weighted by Crippen LogP contribution is 2.39. The molecule has 3 unspecified atom stereocenters. The summed E-state index contributed by atoms with van der Waals surface area (Å²) < 4.78 is 0. The molecule has 0 aromatic rings. The van der Waals surface area contributed by atoms with Crippen molar-refractivity contribution in [1.29, 1.82) is 0 Å². The first-order valence-corrected chi connectivity index (χ1v) is 5.75. The van der Waals surface area contributed by atoms with Crippen molar-refractivity contribution in [3.8, 4) is 0 Å². The highest BCUT2D eigenvalue weighted by molar-refractivity contribution is 4.86. The molecule has 3 N–H and O–H groups in total. The van der Waals surface area contributed by atoms with Crippen molar-refractivity contribution in [2.45, 2.75) is 51.5 Å². The molecule has 0 aromatic heterocycles. The first kappa shape index (κ1) is 9.47. The standard InChI is InChI=1S/C11H22N2/c1-8-2-5-10(6-8)11(13-12)7-9-3-4-9/h8-11,13H,2-7,12H2,1H3. The lowest BCUT2D eigenvalue weighted by atomic mass is 9.93. The van der Waals surface area contributed by atoms with Crippen LogP contribution in [0.4, 0.5) is 0 Å². The Hall–Kier alpha value is -0.0800. The minimum atomic E-state index is 0.609. The summed E-state index contributed by atoms with van der Waals surface area (Å²) in [6.07, 6.45) is 8.41. The summed E-state index contributed by atoms with van der Waals surface area (Å²) in [5.74, 6) is 8.41. The number of nitrogens with one attached hydrogen (secondary N) is 1. The van der Waals surface area contributed by atoms with Gasteiger partial charge in [0.05, 0.1) is 0 Å². The normalized spacial score (nSPS) is 36.5. The molecule has 2 heteroatoms. The number of hydrogen-bond donors (Lipinski definition) is 2. The van der Waals surface area contributed by atoms with Gasteiger partial charge in [-0.05, 0) is 37.0 Å². The zero-order valence-electron chi connectivity index (χ0n) is 8.63. The van der Waals surface area contributed by atoms with E-state index in [0.717, 1.165) is 17.8 Å². The fourth-order valence-electron chi connectivity index (χ4n) is 2.73. The number of nitrogens with two attached hydrogens (primary N) is 1. The lowest BCUT2D eigenvalue weighted by Crippen LogP contribution is -2.40. The van der Waals surface area contributed by atoms with Gasteiger partial charge in [0.15, 0.2) is 0 Å². The highest BCUT2D eigenvalue weighted by atomic mass is 15.2. The molecule has 0 aromatic carbocycles. The van der Waals surface area contributed by atoms with Crippen molar-refractivity contribution in [2.24, 2.45) is 23.6 Å². The maximum atomic E-state index is 5.62. The maximum absolute atomic E-state index is 5.62. The van der Waals surface area contributed by atoms with Crippen LogP contribution in [0.2, 0.25) is 0 Å². The van der Waals surface area contributed by atoms with Crippen LogP contribution in [0.5, 0.6) is 0 Å². The van der Waals surface area contributed by atoms with Crippen molar-refractivity contribution in [2.75, 3.05) is 0 Å². The van der Waals surface area contributed by atoms with Gasteiger partial charge in [0.25, 0.3) is 0 Å². The van der Waals surface area contributed by atoms with E-state index in [1.54, 1.807) is 0 Å². The Balaban J connectivity index is 1.80. The summed E-state index contributed by atoms with van der Waals surface area (Å²) in [6.45, 7) is 2.37. The predicted molar refractivity (Wildman–Crippen MR) is 55.0 cm³/mol. The average Bonchev–Trinajstić information content (AvgIpc) is 2.84. The molecule has 2 rings (SSSR count). The molecule has 2 nitrogen and oxygen atoms in total. The van der Waals surface area contributed by atoms with Crippen molar-refractivity contribution < 1.29 is 0 Å². The van der Waals surface area contributed by atoms with Crippen LogP contribution >= 0.6 is 0 Å². The van der Waals surface area contributed by atoms with Gasteiger partial charge in [-0.1, -0.05) is 26.2 Å². The van der Waals surface area contributed by atoms with Gasteiger partial charge < -0.3 is 0 Å². The maximum Gasteiger partial charge on any atom is 0.0241 e. The number of hydrazine groups is 1. The molecule has 0 amide bonds. The molecule has 13 heavy (non-hydrogen) atoms. The molecule has 0 radical (unpaired) electrons. The number of rotatable bonds is 4. The van der Waals surface area contributed by atoms with Crippen LogP contribution in [0, 0.1) is 17.8 Å². The second kappa shape index (κ2) is 3.97. The van der Waals surface area contributed by atoms with E-state index in [1.165, 1.54) is 38.5 Å². The van der Waals surface area contributed by atoms with Gasteiger partial charge in [-0.25, -0.2) is 0 Å². The van der Waals surface area contributed by atoms with Crippen LogP contribution in [0.15, 0.2) is 0 Å². The predicted octanol–water partition coefficient (Wildman–Crippen LogP) is 2.05. The Morgan fingerprint density at radius 1 is 1.31 bits per heavy atom. The van der Waals surface area contributed by atoms with E-state index in [2.05, 4.69) is 12.3 Å². The van der Waals surface area contributed by atoms with Crippen LogP contribution in [0.25, 0.3) is 0 Å². The zero-order valence-corrected chi connectivity index (χ0v) is 8.63. The third-order valence-electron chi connectivity index (χ3n) is 3.80. The summed E-state index contributed by atoms with van der Waals surface area (Å²) in [4.78, 5) is 0. The lowest BCUT2D eigenvalue weighted by Gasteiger charge is -2.22. The van der Waals surface area contributed by atoms with E-state index in [-0.39, 0.29) is 0 Å².